The number of hydrogen-bond acceptors (Lipinski definition) is 3. The number of unbranched alkanes of at least 4 members (excludes halogenated alkanes) is 17. The topological polar surface area (TPSA) is 44.5 Å². The molecule has 31 heavy (non-hydrogen) atoms. The highest BCUT2D eigenvalue weighted by Crippen LogP contribution is 2.12. The fraction of sp³-hybridized carbons (Fsp3) is 0.929. The van der Waals surface area contributed by atoms with Crippen molar-refractivity contribution in [1.29, 1.82) is 0 Å². The van der Waals surface area contributed by atoms with Gasteiger partial charge in [0.25, 0.3) is 0 Å². The highest BCUT2D eigenvalue weighted by atomic mass is 16.7. The predicted molar refractivity (Wildman–Crippen MR) is 138 cm³/mol. The Morgan fingerprint density at radius 3 is 1.39 bits per heavy atom. The maximum Gasteiger partial charge on any atom is 0.169 e. The van der Waals surface area contributed by atoms with E-state index in [1.807, 2.05) is 0 Å². The van der Waals surface area contributed by atoms with Gasteiger partial charge in [-0.05, 0) is 32.1 Å². The maximum atomic E-state index is 5.82. The van der Waals surface area contributed by atoms with Crippen LogP contribution < -0.4 is 5.73 Å². The summed E-state index contributed by atoms with van der Waals surface area (Å²) in [6.07, 6.45) is 30.9. The molecule has 3 heteroatoms. The third-order valence-electron chi connectivity index (χ3n) is 5.97. The fourth-order valence-electron chi connectivity index (χ4n) is 3.91. The summed E-state index contributed by atoms with van der Waals surface area (Å²) >= 11 is 0. The highest BCUT2D eigenvalue weighted by Gasteiger charge is 2.06. The van der Waals surface area contributed by atoms with E-state index in [-0.39, 0.29) is 6.29 Å². The first-order valence-electron chi connectivity index (χ1n) is 13.9. The van der Waals surface area contributed by atoms with Crippen molar-refractivity contribution in [2.45, 2.75) is 149 Å². The van der Waals surface area contributed by atoms with Crippen molar-refractivity contribution in [3.63, 3.8) is 0 Å². The van der Waals surface area contributed by atoms with E-state index in [0.29, 0.717) is 6.54 Å². The van der Waals surface area contributed by atoms with Crippen LogP contribution >= 0.6 is 0 Å². The molecule has 0 amide bonds. The molecule has 0 aromatic heterocycles. The monoisotopic (exact) mass is 439 g/mol. The normalized spacial score (nSPS) is 12.7. The summed E-state index contributed by atoms with van der Waals surface area (Å²) in [6.45, 7) is 6.50. The first kappa shape index (κ1) is 30.6. The van der Waals surface area contributed by atoms with Crippen molar-refractivity contribution in [3.05, 3.63) is 12.2 Å². The van der Waals surface area contributed by atoms with Crippen molar-refractivity contribution in [2.24, 2.45) is 5.73 Å². The van der Waals surface area contributed by atoms with E-state index in [2.05, 4.69) is 26.0 Å². The zero-order valence-corrected chi connectivity index (χ0v) is 21.4. The van der Waals surface area contributed by atoms with Gasteiger partial charge in [0, 0.05) is 19.8 Å². The molecule has 0 saturated heterocycles. The molecule has 2 N–H and O–H groups in total. The summed E-state index contributed by atoms with van der Waals surface area (Å²) in [4.78, 5) is 0. The SMILES string of the molecule is CC/C=C\CCCCCCCCOC(CN)OCCCCCCCCCCCCCC. The molecule has 0 rings (SSSR count). The minimum atomic E-state index is -0.210. The first-order valence-corrected chi connectivity index (χ1v) is 13.9. The van der Waals surface area contributed by atoms with Gasteiger partial charge in [-0.15, -0.1) is 0 Å². The molecule has 0 aromatic carbocycles. The summed E-state index contributed by atoms with van der Waals surface area (Å²) in [5, 5.41) is 0. The highest BCUT2D eigenvalue weighted by molar-refractivity contribution is 4.79. The van der Waals surface area contributed by atoms with Crippen LogP contribution in [0.15, 0.2) is 12.2 Å². The Labute approximate surface area is 195 Å². The van der Waals surface area contributed by atoms with Crippen molar-refractivity contribution in [2.75, 3.05) is 19.8 Å². The lowest BCUT2D eigenvalue weighted by Crippen LogP contribution is -2.27. The average Bonchev–Trinajstić information content (AvgIpc) is 2.79. The molecule has 0 saturated carbocycles. The van der Waals surface area contributed by atoms with Gasteiger partial charge in [0.1, 0.15) is 0 Å². The number of allylic oxidation sites excluding steroid dienone is 2. The molecule has 0 heterocycles. The van der Waals surface area contributed by atoms with E-state index in [1.54, 1.807) is 0 Å². The Hall–Kier alpha value is -0.380. The van der Waals surface area contributed by atoms with E-state index in [9.17, 15) is 0 Å². The van der Waals surface area contributed by atoms with E-state index >= 15 is 0 Å². The lowest BCUT2D eigenvalue weighted by Gasteiger charge is -2.16. The summed E-state index contributed by atoms with van der Waals surface area (Å²) in [5.41, 5.74) is 5.79. The predicted octanol–water partition coefficient (Wildman–Crippen LogP) is 8.70. The molecule has 1 unspecified atom stereocenters. The fourth-order valence-corrected chi connectivity index (χ4v) is 3.91. The molecule has 0 aromatic rings. The lowest BCUT2D eigenvalue weighted by molar-refractivity contribution is -0.137. The Bertz CT molecular complexity index is 346. The van der Waals surface area contributed by atoms with E-state index in [1.165, 1.54) is 109 Å². The molecule has 0 fully saturated rings. The van der Waals surface area contributed by atoms with Gasteiger partial charge >= 0.3 is 0 Å². The van der Waals surface area contributed by atoms with Gasteiger partial charge in [0.15, 0.2) is 6.29 Å². The zero-order chi connectivity index (χ0) is 22.7. The van der Waals surface area contributed by atoms with E-state index in [0.717, 1.165) is 32.5 Å². The molecule has 1 atom stereocenters. The molecule has 0 bridgehead atoms. The van der Waals surface area contributed by atoms with Gasteiger partial charge in [-0.2, -0.15) is 0 Å². The zero-order valence-electron chi connectivity index (χ0n) is 21.4. The van der Waals surface area contributed by atoms with Crippen molar-refractivity contribution < 1.29 is 9.47 Å². The first-order chi connectivity index (χ1) is 15.3. The Balaban J connectivity index is 3.29. The second-order valence-corrected chi connectivity index (χ2v) is 9.09. The molecule has 0 aliphatic carbocycles. The smallest absolute Gasteiger partial charge is 0.169 e. The van der Waals surface area contributed by atoms with Crippen LogP contribution in [-0.4, -0.2) is 26.0 Å². The van der Waals surface area contributed by atoms with Crippen LogP contribution in [0, 0.1) is 0 Å². The molecule has 186 valence electrons. The molecular weight excluding hydrogens is 382 g/mol. The van der Waals surface area contributed by atoms with Crippen LogP contribution in [0.5, 0.6) is 0 Å². The molecular formula is C28H57NO2. The molecule has 0 spiro atoms. The summed E-state index contributed by atoms with van der Waals surface area (Å²) in [6, 6.07) is 0. The minimum absolute atomic E-state index is 0.210. The summed E-state index contributed by atoms with van der Waals surface area (Å²) in [5.74, 6) is 0. The third kappa shape index (κ3) is 25.8. The van der Waals surface area contributed by atoms with E-state index < -0.39 is 0 Å². The average molecular weight is 440 g/mol. The van der Waals surface area contributed by atoms with Crippen molar-refractivity contribution >= 4 is 0 Å². The van der Waals surface area contributed by atoms with Gasteiger partial charge in [-0.3, -0.25) is 0 Å². The van der Waals surface area contributed by atoms with Gasteiger partial charge < -0.3 is 15.2 Å². The quantitative estimate of drug-likeness (QED) is 0.0832. The van der Waals surface area contributed by atoms with Gasteiger partial charge in [0.2, 0.25) is 0 Å². The van der Waals surface area contributed by atoms with Crippen LogP contribution in [0.25, 0.3) is 0 Å². The number of nitrogens with two attached hydrogens (primary N) is 1. The minimum Gasteiger partial charge on any atom is -0.351 e. The number of rotatable bonds is 26. The van der Waals surface area contributed by atoms with Crippen molar-refractivity contribution in [3.8, 4) is 0 Å². The summed E-state index contributed by atoms with van der Waals surface area (Å²) in [7, 11) is 0. The Morgan fingerprint density at radius 2 is 0.968 bits per heavy atom. The molecule has 0 aliphatic rings. The largest absolute Gasteiger partial charge is 0.351 e. The van der Waals surface area contributed by atoms with Crippen molar-refractivity contribution in [1.82, 2.24) is 0 Å². The van der Waals surface area contributed by atoms with Crippen LogP contribution in [0.3, 0.4) is 0 Å². The lowest BCUT2D eigenvalue weighted by atomic mass is 10.1. The third-order valence-corrected chi connectivity index (χ3v) is 5.97. The molecule has 3 nitrogen and oxygen atoms in total. The van der Waals surface area contributed by atoms with E-state index in [4.69, 9.17) is 15.2 Å². The maximum absolute atomic E-state index is 5.82. The molecule has 0 aliphatic heterocycles. The Kier molecular flexibility index (Phi) is 27.3. The van der Waals surface area contributed by atoms with Gasteiger partial charge in [-0.25, -0.2) is 0 Å². The second-order valence-electron chi connectivity index (χ2n) is 9.09. The van der Waals surface area contributed by atoms with Crippen LogP contribution in [0.2, 0.25) is 0 Å². The summed E-state index contributed by atoms with van der Waals surface area (Å²) < 4.78 is 11.6. The molecule has 0 radical (unpaired) electrons. The van der Waals surface area contributed by atoms with Crippen LogP contribution in [-0.2, 0) is 9.47 Å². The van der Waals surface area contributed by atoms with Gasteiger partial charge in [-0.1, -0.05) is 122 Å². The second kappa shape index (κ2) is 27.7. The number of hydrogen-bond donors (Lipinski definition) is 1. The Morgan fingerprint density at radius 1 is 0.548 bits per heavy atom. The van der Waals surface area contributed by atoms with Crippen LogP contribution in [0.1, 0.15) is 142 Å². The standard InChI is InChI=1S/C28H57NO2/c1-3-5-7-9-11-13-15-16-18-20-22-24-26-31-28(27-29)30-25-23-21-19-17-14-12-10-8-6-4-2/h6,8,28H,3-5,7,9-27,29H2,1-2H3/b8-6-. The van der Waals surface area contributed by atoms with Crippen LogP contribution in [0.4, 0.5) is 0 Å². The van der Waals surface area contributed by atoms with Gasteiger partial charge in [0.05, 0.1) is 0 Å². The number of ether oxygens (including phenoxy) is 2.